The van der Waals surface area contributed by atoms with Crippen molar-refractivity contribution in [2.24, 2.45) is 5.92 Å². The molecule has 2 atom stereocenters. The monoisotopic (exact) mass is 335 g/mol. The molecule has 0 aromatic carbocycles. The molecule has 0 saturated carbocycles. The number of aromatic nitrogens is 3. The van der Waals surface area contributed by atoms with Crippen LogP contribution in [-0.2, 0) is 17.9 Å². The lowest BCUT2D eigenvalue weighted by Crippen LogP contribution is -2.51. The second-order valence-corrected chi connectivity index (χ2v) is 5.60. The third kappa shape index (κ3) is 4.57. The summed E-state index contributed by atoms with van der Waals surface area (Å²) >= 11 is 0. The van der Waals surface area contributed by atoms with E-state index in [1.54, 1.807) is 6.92 Å². The van der Waals surface area contributed by atoms with E-state index in [0.29, 0.717) is 11.6 Å². The third-order valence-electron chi connectivity index (χ3n) is 3.86. The minimum Gasteiger partial charge on any atom is -0.377 e. The first kappa shape index (κ1) is 17.5. The number of H-pyrrole nitrogens is 1. The van der Waals surface area contributed by atoms with Crippen LogP contribution in [0.5, 0.6) is 0 Å². The molecular weight excluding hydrogens is 315 g/mol. The Hall–Kier alpha value is -1.84. The smallest absolute Gasteiger partial charge is 0.377 e. The predicted octanol–water partition coefficient (Wildman–Crippen LogP) is 1.82. The molecule has 0 bridgehead atoms. The van der Waals surface area contributed by atoms with Crippen LogP contribution in [-0.4, -0.2) is 52.0 Å². The second kappa shape index (κ2) is 7.16. The van der Waals surface area contributed by atoms with Gasteiger partial charge in [-0.3, -0.25) is 5.10 Å². The molecule has 0 aliphatic carbocycles. The normalized spacial score (nSPS) is 22.2. The fraction of sp³-hybridized carbons (Fsp3) is 0.769. The Bertz CT molecular complexity index is 534. The van der Waals surface area contributed by atoms with E-state index in [0.717, 1.165) is 0 Å². The maximum Gasteiger partial charge on any atom is 0.391 e. The van der Waals surface area contributed by atoms with Crippen LogP contribution in [0.25, 0.3) is 0 Å². The number of hydrogen-bond acceptors (Lipinski definition) is 4. The molecule has 1 aliphatic heterocycles. The molecule has 1 aliphatic rings. The number of nitrogens with zero attached hydrogens (tertiary/aromatic N) is 3. The first-order chi connectivity index (χ1) is 10.8. The Morgan fingerprint density at radius 1 is 1.52 bits per heavy atom. The number of halogens is 3. The van der Waals surface area contributed by atoms with E-state index >= 15 is 0 Å². The van der Waals surface area contributed by atoms with Gasteiger partial charge in [0.2, 0.25) is 0 Å². The number of rotatable bonds is 4. The van der Waals surface area contributed by atoms with E-state index < -0.39 is 24.2 Å². The number of hydrogen-bond donors (Lipinski definition) is 2. The van der Waals surface area contributed by atoms with Gasteiger partial charge in [-0.2, -0.15) is 18.3 Å². The van der Waals surface area contributed by atoms with E-state index in [9.17, 15) is 18.0 Å². The molecule has 2 unspecified atom stereocenters. The molecule has 2 amide bonds. The fourth-order valence-corrected chi connectivity index (χ4v) is 2.64. The van der Waals surface area contributed by atoms with Gasteiger partial charge in [-0.15, -0.1) is 0 Å². The number of ether oxygens (including phenoxy) is 1. The molecule has 2 heterocycles. The fourth-order valence-electron chi connectivity index (χ4n) is 2.64. The number of carbonyl (C=O) groups is 1. The van der Waals surface area contributed by atoms with Crippen molar-refractivity contribution in [3.8, 4) is 0 Å². The van der Waals surface area contributed by atoms with Crippen LogP contribution < -0.4 is 5.32 Å². The average Bonchev–Trinajstić information content (AvgIpc) is 2.92. The van der Waals surface area contributed by atoms with Crippen LogP contribution in [0.2, 0.25) is 0 Å². The Morgan fingerprint density at radius 3 is 2.87 bits per heavy atom. The number of amides is 2. The summed E-state index contributed by atoms with van der Waals surface area (Å²) in [4.78, 5) is 17.6. The molecule has 2 rings (SSSR count). The number of urea groups is 1. The SMILES string of the molecule is COCc1n[nH]c(CNC(=O)N2CCC(C(F)(F)F)CC2C)n1. The minimum atomic E-state index is -4.20. The summed E-state index contributed by atoms with van der Waals surface area (Å²) in [7, 11) is 1.52. The summed E-state index contributed by atoms with van der Waals surface area (Å²) in [6.45, 7) is 2.10. The second-order valence-electron chi connectivity index (χ2n) is 5.60. The Morgan fingerprint density at radius 2 is 2.26 bits per heavy atom. The van der Waals surface area contributed by atoms with Gasteiger partial charge in [0.15, 0.2) is 5.82 Å². The first-order valence-corrected chi connectivity index (χ1v) is 7.31. The third-order valence-corrected chi connectivity index (χ3v) is 3.86. The van der Waals surface area contributed by atoms with Gasteiger partial charge in [0, 0.05) is 19.7 Å². The molecule has 10 heteroatoms. The van der Waals surface area contributed by atoms with Crippen molar-refractivity contribution in [1.82, 2.24) is 25.4 Å². The van der Waals surface area contributed by atoms with Crippen LogP contribution in [0.3, 0.4) is 0 Å². The first-order valence-electron chi connectivity index (χ1n) is 7.31. The van der Waals surface area contributed by atoms with Crippen molar-refractivity contribution >= 4 is 6.03 Å². The van der Waals surface area contributed by atoms with Gasteiger partial charge in [-0.25, -0.2) is 9.78 Å². The predicted molar refractivity (Wildman–Crippen MR) is 74.3 cm³/mol. The van der Waals surface area contributed by atoms with Gasteiger partial charge in [0.25, 0.3) is 0 Å². The Kier molecular flexibility index (Phi) is 5.45. The van der Waals surface area contributed by atoms with Gasteiger partial charge >= 0.3 is 12.2 Å². The lowest BCUT2D eigenvalue weighted by atomic mass is 9.91. The van der Waals surface area contributed by atoms with Crippen molar-refractivity contribution in [2.75, 3.05) is 13.7 Å². The highest BCUT2D eigenvalue weighted by atomic mass is 19.4. The van der Waals surface area contributed by atoms with Crippen molar-refractivity contribution in [1.29, 1.82) is 0 Å². The van der Waals surface area contributed by atoms with Crippen molar-refractivity contribution < 1.29 is 22.7 Å². The summed E-state index contributed by atoms with van der Waals surface area (Å²) in [6, 6.07) is -0.864. The van der Waals surface area contributed by atoms with Gasteiger partial charge in [-0.1, -0.05) is 0 Å². The van der Waals surface area contributed by atoms with E-state index in [1.165, 1.54) is 12.0 Å². The van der Waals surface area contributed by atoms with E-state index in [2.05, 4.69) is 20.5 Å². The highest BCUT2D eigenvalue weighted by Gasteiger charge is 2.44. The average molecular weight is 335 g/mol. The van der Waals surface area contributed by atoms with Gasteiger partial charge in [-0.05, 0) is 19.8 Å². The number of piperidine rings is 1. The van der Waals surface area contributed by atoms with Crippen molar-refractivity contribution in [2.45, 2.75) is 45.1 Å². The largest absolute Gasteiger partial charge is 0.391 e. The zero-order valence-electron chi connectivity index (χ0n) is 13.0. The van der Waals surface area contributed by atoms with Crippen molar-refractivity contribution in [3.63, 3.8) is 0 Å². The number of methoxy groups -OCH3 is 1. The van der Waals surface area contributed by atoms with Gasteiger partial charge in [0.1, 0.15) is 12.4 Å². The lowest BCUT2D eigenvalue weighted by Gasteiger charge is -2.38. The Balaban J connectivity index is 1.84. The molecule has 0 radical (unpaired) electrons. The molecule has 130 valence electrons. The standard InChI is InChI=1S/C13H20F3N5O2/c1-8-5-9(13(14,15)16)3-4-21(8)12(22)17-6-10-18-11(7-23-2)20-19-10/h8-9H,3-7H2,1-2H3,(H,17,22)(H,18,19,20). The number of carbonyl (C=O) groups excluding carboxylic acids is 1. The highest BCUT2D eigenvalue weighted by molar-refractivity contribution is 5.74. The summed E-state index contributed by atoms with van der Waals surface area (Å²) in [5.74, 6) is -0.410. The molecule has 23 heavy (non-hydrogen) atoms. The quantitative estimate of drug-likeness (QED) is 0.879. The van der Waals surface area contributed by atoms with Crippen LogP contribution in [0.4, 0.5) is 18.0 Å². The maximum absolute atomic E-state index is 12.7. The lowest BCUT2D eigenvalue weighted by molar-refractivity contribution is -0.187. The van der Waals surface area contributed by atoms with E-state index in [4.69, 9.17) is 4.74 Å². The molecule has 2 N–H and O–H groups in total. The van der Waals surface area contributed by atoms with Gasteiger partial charge < -0.3 is 15.0 Å². The highest BCUT2D eigenvalue weighted by Crippen LogP contribution is 2.36. The molecular formula is C13H20F3N5O2. The van der Waals surface area contributed by atoms with Crippen LogP contribution in [0, 0.1) is 5.92 Å². The zero-order chi connectivity index (χ0) is 17.0. The van der Waals surface area contributed by atoms with E-state index in [-0.39, 0.29) is 32.5 Å². The number of likely N-dealkylation sites (tertiary alicyclic amines) is 1. The zero-order valence-corrected chi connectivity index (χ0v) is 13.0. The molecule has 1 fully saturated rings. The maximum atomic E-state index is 12.7. The van der Waals surface area contributed by atoms with Crippen LogP contribution in [0.15, 0.2) is 0 Å². The summed E-state index contributed by atoms with van der Waals surface area (Å²) in [5.41, 5.74) is 0. The molecule has 0 spiro atoms. The van der Waals surface area contributed by atoms with Crippen molar-refractivity contribution in [3.05, 3.63) is 11.6 Å². The van der Waals surface area contributed by atoms with Crippen LogP contribution in [0.1, 0.15) is 31.4 Å². The molecule has 1 aromatic rings. The molecule has 1 saturated heterocycles. The topological polar surface area (TPSA) is 83.1 Å². The van der Waals surface area contributed by atoms with E-state index in [1.807, 2.05) is 0 Å². The molecule has 7 nitrogen and oxygen atoms in total. The minimum absolute atomic E-state index is 0.0679. The number of alkyl halides is 3. The van der Waals surface area contributed by atoms with Crippen LogP contribution >= 0.6 is 0 Å². The summed E-state index contributed by atoms with van der Waals surface area (Å²) in [6.07, 6.45) is -4.34. The summed E-state index contributed by atoms with van der Waals surface area (Å²) in [5, 5.41) is 9.20. The molecule has 1 aromatic heterocycles. The summed E-state index contributed by atoms with van der Waals surface area (Å²) < 4.78 is 43.1. The number of nitrogens with one attached hydrogen (secondary N) is 2. The van der Waals surface area contributed by atoms with Gasteiger partial charge in [0.05, 0.1) is 12.5 Å². The number of aromatic amines is 1. The Labute approximate surface area is 131 Å².